The molecule has 0 aliphatic rings. The number of aliphatic hydroxyl groups is 2. The zero-order valence-corrected chi connectivity index (χ0v) is 17.7. The van der Waals surface area contributed by atoms with Crippen LogP contribution in [-0.4, -0.2) is 10.2 Å². The molecule has 0 bridgehead atoms. The third-order valence-corrected chi connectivity index (χ3v) is 5.97. The molecule has 2 aromatic rings. The highest BCUT2D eigenvalue weighted by atomic mass is 16.4. The SMILES string of the molecule is CCCCCCC(O)(c1ccccc1)C(O)(CCCCCC)c1ccccc1. The smallest absolute Gasteiger partial charge is 0.122 e. The molecule has 0 saturated heterocycles. The first-order chi connectivity index (χ1) is 13.6. The van der Waals surface area contributed by atoms with E-state index in [1.807, 2.05) is 60.7 Å². The highest BCUT2D eigenvalue weighted by Crippen LogP contribution is 2.47. The fraction of sp³-hybridized carbons (Fsp3) is 0.538. The van der Waals surface area contributed by atoms with Gasteiger partial charge in [-0.2, -0.15) is 0 Å². The van der Waals surface area contributed by atoms with E-state index in [0.29, 0.717) is 12.8 Å². The van der Waals surface area contributed by atoms with Crippen molar-refractivity contribution in [1.82, 2.24) is 0 Å². The molecule has 0 aliphatic carbocycles. The average Bonchev–Trinajstić information content (AvgIpc) is 2.75. The molecule has 0 fully saturated rings. The summed E-state index contributed by atoms with van der Waals surface area (Å²) in [6, 6.07) is 19.6. The molecule has 2 atom stereocenters. The Bertz CT molecular complexity index is 595. The molecule has 0 amide bonds. The molecule has 0 aliphatic heterocycles. The van der Waals surface area contributed by atoms with Gasteiger partial charge in [0.2, 0.25) is 0 Å². The fourth-order valence-electron chi connectivity index (χ4n) is 4.22. The molecule has 154 valence electrons. The molecule has 2 rings (SSSR count). The van der Waals surface area contributed by atoms with Crippen molar-refractivity contribution in [3.05, 3.63) is 71.8 Å². The lowest BCUT2D eigenvalue weighted by Crippen LogP contribution is -2.49. The monoisotopic (exact) mass is 382 g/mol. The first-order valence-corrected chi connectivity index (χ1v) is 11.1. The number of rotatable bonds is 13. The summed E-state index contributed by atoms with van der Waals surface area (Å²) in [6.45, 7) is 4.38. The summed E-state index contributed by atoms with van der Waals surface area (Å²) in [4.78, 5) is 0. The van der Waals surface area contributed by atoms with E-state index in [-0.39, 0.29) is 0 Å². The topological polar surface area (TPSA) is 40.5 Å². The van der Waals surface area contributed by atoms with Crippen LogP contribution in [-0.2, 0) is 11.2 Å². The van der Waals surface area contributed by atoms with Crippen LogP contribution in [0.25, 0.3) is 0 Å². The van der Waals surface area contributed by atoms with Crippen LogP contribution >= 0.6 is 0 Å². The summed E-state index contributed by atoms with van der Waals surface area (Å²) in [6.07, 6.45) is 9.72. The van der Waals surface area contributed by atoms with Gasteiger partial charge in [-0.15, -0.1) is 0 Å². The largest absolute Gasteiger partial charge is 0.382 e. The van der Waals surface area contributed by atoms with E-state index >= 15 is 0 Å². The highest BCUT2D eigenvalue weighted by Gasteiger charge is 2.50. The maximum atomic E-state index is 12.1. The van der Waals surface area contributed by atoms with Gasteiger partial charge in [0.25, 0.3) is 0 Å². The molecule has 2 heteroatoms. The summed E-state index contributed by atoms with van der Waals surface area (Å²) in [5, 5.41) is 24.1. The Kier molecular flexibility index (Phi) is 9.21. The lowest BCUT2D eigenvalue weighted by molar-refractivity contribution is -0.175. The predicted octanol–water partition coefficient (Wildman–Crippen LogP) is 6.70. The molecule has 0 spiro atoms. The van der Waals surface area contributed by atoms with E-state index in [4.69, 9.17) is 0 Å². The first-order valence-electron chi connectivity index (χ1n) is 11.1. The molecular formula is C26H38O2. The van der Waals surface area contributed by atoms with Crippen molar-refractivity contribution >= 4 is 0 Å². The van der Waals surface area contributed by atoms with Crippen molar-refractivity contribution in [3.8, 4) is 0 Å². The number of benzene rings is 2. The number of unbranched alkanes of at least 4 members (excludes halogenated alkanes) is 6. The maximum absolute atomic E-state index is 12.1. The van der Waals surface area contributed by atoms with Crippen LogP contribution in [0.2, 0.25) is 0 Å². The number of hydrogen-bond donors (Lipinski definition) is 2. The summed E-state index contributed by atoms with van der Waals surface area (Å²) < 4.78 is 0. The van der Waals surface area contributed by atoms with Crippen LogP contribution in [0.3, 0.4) is 0 Å². The lowest BCUT2D eigenvalue weighted by Gasteiger charge is -2.45. The standard InChI is InChI=1S/C26H38O2/c1-3-5-7-15-21-25(27,23-17-11-9-12-18-23)26(28,22-16-8-6-4-2)24-19-13-10-14-20-24/h9-14,17-20,27-28H,3-8,15-16,21-22H2,1-2H3. The average molecular weight is 383 g/mol. The van der Waals surface area contributed by atoms with E-state index in [9.17, 15) is 10.2 Å². The maximum Gasteiger partial charge on any atom is 0.122 e. The van der Waals surface area contributed by atoms with Crippen molar-refractivity contribution < 1.29 is 10.2 Å². The summed E-state index contributed by atoms with van der Waals surface area (Å²) in [5.41, 5.74) is -0.966. The minimum Gasteiger partial charge on any atom is -0.382 e. The minimum atomic E-state index is -1.30. The van der Waals surface area contributed by atoms with Crippen molar-refractivity contribution in [2.24, 2.45) is 0 Å². The molecule has 2 unspecified atom stereocenters. The second-order valence-corrected chi connectivity index (χ2v) is 8.07. The summed E-state index contributed by atoms with van der Waals surface area (Å²) in [5.74, 6) is 0. The minimum absolute atomic E-state index is 0.566. The van der Waals surface area contributed by atoms with Gasteiger partial charge in [0, 0.05) is 0 Å². The normalized spacial score (nSPS) is 15.7. The van der Waals surface area contributed by atoms with Crippen LogP contribution in [0.4, 0.5) is 0 Å². The van der Waals surface area contributed by atoms with Crippen LogP contribution < -0.4 is 0 Å². The second-order valence-electron chi connectivity index (χ2n) is 8.07. The van der Waals surface area contributed by atoms with Crippen molar-refractivity contribution in [2.45, 2.75) is 89.3 Å². The second kappa shape index (κ2) is 11.4. The van der Waals surface area contributed by atoms with E-state index in [2.05, 4.69) is 13.8 Å². The predicted molar refractivity (Wildman–Crippen MR) is 118 cm³/mol. The molecule has 0 heterocycles. The Balaban J connectivity index is 2.41. The molecule has 2 N–H and O–H groups in total. The molecule has 2 nitrogen and oxygen atoms in total. The molecule has 0 saturated carbocycles. The highest BCUT2D eigenvalue weighted by molar-refractivity contribution is 5.34. The molecule has 28 heavy (non-hydrogen) atoms. The van der Waals surface area contributed by atoms with Gasteiger partial charge in [0.15, 0.2) is 0 Å². The van der Waals surface area contributed by atoms with Crippen molar-refractivity contribution in [2.75, 3.05) is 0 Å². The van der Waals surface area contributed by atoms with E-state index in [0.717, 1.165) is 62.5 Å². The Morgan fingerprint density at radius 3 is 1.21 bits per heavy atom. The molecular weight excluding hydrogens is 344 g/mol. The van der Waals surface area contributed by atoms with Crippen LogP contribution in [0.5, 0.6) is 0 Å². The number of hydrogen-bond acceptors (Lipinski definition) is 2. The Morgan fingerprint density at radius 1 is 0.536 bits per heavy atom. The van der Waals surface area contributed by atoms with E-state index in [1.165, 1.54) is 0 Å². The molecule has 0 aromatic heterocycles. The zero-order chi connectivity index (χ0) is 20.3. The van der Waals surface area contributed by atoms with Gasteiger partial charge in [-0.3, -0.25) is 0 Å². The summed E-state index contributed by atoms with van der Waals surface area (Å²) >= 11 is 0. The zero-order valence-electron chi connectivity index (χ0n) is 17.7. The van der Waals surface area contributed by atoms with Crippen molar-refractivity contribution in [1.29, 1.82) is 0 Å². The summed E-state index contributed by atoms with van der Waals surface area (Å²) in [7, 11) is 0. The molecule has 2 aromatic carbocycles. The van der Waals surface area contributed by atoms with Crippen LogP contribution in [0, 0.1) is 0 Å². The van der Waals surface area contributed by atoms with Gasteiger partial charge >= 0.3 is 0 Å². The lowest BCUT2D eigenvalue weighted by atomic mass is 9.68. The van der Waals surface area contributed by atoms with E-state index < -0.39 is 11.2 Å². The Hall–Kier alpha value is -1.64. The van der Waals surface area contributed by atoms with Gasteiger partial charge in [-0.1, -0.05) is 126 Å². The quantitative estimate of drug-likeness (QED) is 0.378. The van der Waals surface area contributed by atoms with Gasteiger partial charge in [0.05, 0.1) is 0 Å². The third kappa shape index (κ3) is 5.46. The Labute approximate surface area is 171 Å². The van der Waals surface area contributed by atoms with Crippen LogP contribution in [0.1, 0.15) is 89.2 Å². The third-order valence-electron chi connectivity index (χ3n) is 5.97. The molecule has 0 radical (unpaired) electrons. The fourth-order valence-corrected chi connectivity index (χ4v) is 4.22. The van der Waals surface area contributed by atoms with Gasteiger partial charge < -0.3 is 10.2 Å². The van der Waals surface area contributed by atoms with Crippen molar-refractivity contribution in [3.63, 3.8) is 0 Å². The van der Waals surface area contributed by atoms with E-state index in [1.54, 1.807) is 0 Å². The van der Waals surface area contributed by atoms with Gasteiger partial charge in [-0.25, -0.2) is 0 Å². The Morgan fingerprint density at radius 2 is 0.893 bits per heavy atom. The first kappa shape index (κ1) is 22.6. The van der Waals surface area contributed by atoms with Crippen LogP contribution in [0.15, 0.2) is 60.7 Å². The van der Waals surface area contributed by atoms with Gasteiger partial charge in [0.1, 0.15) is 11.2 Å². The van der Waals surface area contributed by atoms with Gasteiger partial charge in [-0.05, 0) is 24.0 Å².